The summed E-state index contributed by atoms with van der Waals surface area (Å²) in [5, 5.41) is 9.67. The van der Waals surface area contributed by atoms with Crippen LogP contribution in [-0.2, 0) is 4.79 Å². The molecule has 1 aliphatic carbocycles. The first kappa shape index (κ1) is 12.0. The standard InChI is InChI=1S/C12H19NO2/c1-4-8(2)13-9(3)12-10(14)6-5-7-11(12)15/h8,14H,4-7H2,1-3H3. The molecule has 1 atom stereocenters. The van der Waals surface area contributed by atoms with Gasteiger partial charge in [0.25, 0.3) is 0 Å². The average Bonchev–Trinajstić information content (AvgIpc) is 2.17. The Balaban J connectivity index is 2.94. The van der Waals surface area contributed by atoms with Crippen LogP contribution >= 0.6 is 0 Å². The molecule has 1 N–H and O–H groups in total. The summed E-state index contributed by atoms with van der Waals surface area (Å²) in [5.41, 5.74) is 1.15. The molecule has 0 heterocycles. The Bertz CT molecular complexity index is 316. The fraction of sp³-hybridized carbons (Fsp3) is 0.667. The minimum Gasteiger partial charge on any atom is -0.511 e. The average molecular weight is 209 g/mol. The van der Waals surface area contributed by atoms with Gasteiger partial charge in [0.15, 0.2) is 5.78 Å². The maximum absolute atomic E-state index is 11.6. The Labute approximate surface area is 90.9 Å². The van der Waals surface area contributed by atoms with Gasteiger partial charge in [-0.2, -0.15) is 0 Å². The lowest BCUT2D eigenvalue weighted by Gasteiger charge is -2.15. The zero-order valence-electron chi connectivity index (χ0n) is 9.71. The van der Waals surface area contributed by atoms with Crippen LogP contribution in [0.3, 0.4) is 0 Å². The van der Waals surface area contributed by atoms with Gasteiger partial charge in [-0.25, -0.2) is 0 Å². The highest BCUT2D eigenvalue weighted by Gasteiger charge is 2.22. The van der Waals surface area contributed by atoms with E-state index in [9.17, 15) is 9.90 Å². The van der Waals surface area contributed by atoms with Gasteiger partial charge in [-0.1, -0.05) is 6.92 Å². The first-order valence-corrected chi connectivity index (χ1v) is 5.56. The Morgan fingerprint density at radius 3 is 2.73 bits per heavy atom. The molecule has 1 unspecified atom stereocenters. The van der Waals surface area contributed by atoms with Gasteiger partial charge in [0, 0.05) is 24.6 Å². The molecule has 15 heavy (non-hydrogen) atoms. The number of nitrogens with zero attached hydrogens (tertiary/aromatic N) is 1. The lowest BCUT2D eigenvalue weighted by Crippen LogP contribution is -2.18. The molecule has 0 radical (unpaired) electrons. The molecule has 3 nitrogen and oxygen atoms in total. The van der Waals surface area contributed by atoms with E-state index in [1.54, 1.807) is 6.92 Å². The Morgan fingerprint density at radius 2 is 2.20 bits per heavy atom. The van der Waals surface area contributed by atoms with Crippen molar-refractivity contribution in [2.75, 3.05) is 0 Å². The van der Waals surface area contributed by atoms with E-state index in [-0.39, 0.29) is 17.6 Å². The van der Waals surface area contributed by atoms with Gasteiger partial charge in [0.2, 0.25) is 0 Å². The topological polar surface area (TPSA) is 49.7 Å². The summed E-state index contributed by atoms with van der Waals surface area (Å²) in [6.07, 6.45) is 2.84. The summed E-state index contributed by atoms with van der Waals surface area (Å²) in [6.45, 7) is 5.87. The van der Waals surface area contributed by atoms with Crippen molar-refractivity contribution in [2.24, 2.45) is 4.99 Å². The van der Waals surface area contributed by atoms with E-state index >= 15 is 0 Å². The zero-order chi connectivity index (χ0) is 11.4. The number of Topliss-reactive ketones (excluding diaryl/α,β-unsaturated/α-hetero) is 1. The third-order valence-corrected chi connectivity index (χ3v) is 2.75. The molecule has 0 bridgehead atoms. The van der Waals surface area contributed by atoms with Crippen LogP contribution in [0.25, 0.3) is 0 Å². The number of ketones is 1. The van der Waals surface area contributed by atoms with E-state index in [1.165, 1.54) is 0 Å². The molecule has 1 rings (SSSR count). The van der Waals surface area contributed by atoms with Crippen molar-refractivity contribution in [3.8, 4) is 0 Å². The molecule has 0 aromatic carbocycles. The minimum atomic E-state index is 0.0308. The molecule has 0 aromatic heterocycles. The van der Waals surface area contributed by atoms with Crippen molar-refractivity contribution >= 4 is 11.5 Å². The van der Waals surface area contributed by atoms with E-state index in [0.29, 0.717) is 24.1 Å². The minimum absolute atomic E-state index is 0.0308. The lowest BCUT2D eigenvalue weighted by atomic mass is 9.93. The second-order valence-corrected chi connectivity index (χ2v) is 4.07. The maximum atomic E-state index is 11.6. The summed E-state index contributed by atoms with van der Waals surface area (Å²) in [5.74, 6) is 0.249. The highest BCUT2D eigenvalue weighted by molar-refractivity contribution is 6.22. The third kappa shape index (κ3) is 2.91. The van der Waals surface area contributed by atoms with E-state index < -0.39 is 0 Å². The van der Waals surface area contributed by atoms with Gasteiger partial charge in [-0.05, 0) is 26.7 Å². The van der Waals surface area contributed by atoms with Crippen molar-refractivity contribution in [1.29, 1.82) is 0 Å². The van der Waals surface area contributed by atoms with Crippen LogP contribution in [0.4, 0.5) is 0 Å². The number of aliphatic hydroxyl groups is 1. The second kappa shape index (κ2) is 5.10. The largest absolute Gasteiger partial charge is 0.511 e. The van der Waals surface area contributed by atoms with Gasteiger partial charge in [0.1, 0.15) is 5.76 Å². The van der Waals surface area contributed by atoms with Crippen LogP contribution < -0.4 is 0 Å². The number of rotatable bonds is 3. The Hall–Kier alpha value is -1.12. The molecule has 84 valence electrons. The van der Waals surface area contributed by atoms with E-state index in [2.05, 4.69) is 11.9 Å². The molecule has 0 spiro atoms. The molecule has 0 fully saturated rings. The fourth-order valence-electron chi connectivity index (χ4n) is 1.72. The maximum Gasteiger partial charge on any atom is 0.168 e. The van der Waals surface area contributed by atoms with Crippen LogP contribution in [0.1, 0.15) is 46.5 Å². The SMILES string of the molecule is CCC(C)N=C(C)C1=C(O)CCCC1=O. The normalized spacial score (nSPS) is 20.7. The second-order valence-electron chi connectivity index (χ2n) is 4.07. The Morgan fingerprint density at radius 1 is 1.53 bits per heavy atom. The van der Waals surface area contributed by atoms with Gasteiger partial charge in [-0.3, -0.25) is 9.79 Å². The summed E-state index contributed by atoms with van der Waals surface area (Å²) in [4.78, 5) is 16.0. The highest BCUT2D eigenvalue weighted by Crippen LogP contribution is 2.21. The lowest BCUT2D eigenvalue weighted by molar-refractivity contribution is -0.115. The summed E-state index contributed by atoms with van der Waals surface area (Å²) in [7, 11) is 0. The number of hydrogen-bond acceptors (Lipinski definition) is 3. The zero-order valence-corrected chi connectivity index (χ0v) is 9.71. The van der Waals surface area contributed by atoms with Gasteiger partial charge in [-0.15, -0.1) is 0 Å². The van der Waals surface area contributed by atoms with Crippen LogP contribution in [-0.4, -0.2) is 22.6 Å². The van der Waals surface area contributed by atoms with Crippen molar-refractivity contribution in [3.63, 3.8) is 0 Å². The molecule has 3 heteroatoms. The first-order chi connectivity index (χ1) is 7.06. The number of aliphatic imine (C=N–C) groups is 1. The van der Waals surface area contributed by atoms with E-state index in [1.807, 2.05) is 6.92 Å². The number of aliphatic hydroxyl groups excluding tert-OH is 1. The summed E-state index contributed by atoms with van der Waals surface area (Å²) >= 11 is 0. The monoisotopic (exact) mass is 209 g/mol. The van der Waals surface area contributed by atoms with Crippen molar-refractivity contribution in [1.82, 2.24) is 0 Å². The van der Waals surface area contributed by atoms with Crippen molar-refractivity contribution in [3.05, 3.63) is 11.3 Å². The van der Waals surface area contributed by atoms with Crippen molar-refractivity contribution < 1.29 is 9.90 Å². The molecule has 0 amide bonds. The molecule has 1 aliphatic rings. The molecule has 0 saturated carbocycles. The summed E-state index contributed by atoms with van der Waals surface area (Å²) in [6, 6.07) is 0.208. The van der Waals surface area contributed by atoms with Gasteiger partial charge >= 0.3 is 0 Å². The highest BCUT2D eigenvalue weighted by atomic mass is 16.3. The number of carbonyl (C=O) groups is 1. The fourth-order valence-corrected chi connectivity index (χ4v) is 1.72. The first-order valence-electron chi connectivity index (χ1n) is 5.56. The quantitative estimate of drug-likeness (QED) is 0.726. The molecular weight excluding hydrogens is 190 g/mol. The number of carbonyl (C=O) groups excluding carboxylic acids is 1. The van der Waals surface area contributed by atoms with E-state index in [4.69, 9.17) is 0 Å². The van der Waals surface area contributed by atoms with Gasteiger partial charge in [0.05, 0.1) is 5.57 Å². The predicted molar refractivity (Wildman–Crippen MR) is 61.4 cm³/mol. The van der Waals surface area contributed by atoms with E-state index in [0.717, 1.165) is 12.8 Å². The molecule has 0 saturated heterocycles. The smallest absolute Gasteiger partial charge is 0.168 e. The summed E-state index contributed by atoms with van der Waals surface area (Å²) < 4.78 is 0. The third-order valence-electron chi connectivity index (χ3n) is 2.75. The number of hydrogen-bond donors (Lipinski definition) is 1. The molecular formula is C12H19NO2. The van der Waals surface area contributed by atoms with Crippen LogP contribution in [0.15, 0.2) is 16.3 Å². The van der Waals surface area contributed by atoms with Crippen LogP contribution in [0.2, 0.25) is 0 Å². The van der Waals surface area contributed by atoms with Crippen molar-refractivity contribution in [2.45, 2.75) is 52.5 Å². The number of allylic oxidation sites excluding steroid dienone is 2. The van der Waals surface area contributed by atoms with Crippen LogP contribution in [0, 0.1) is 0 Å². The van der Waals surface area contributed by atoms with Crippen LogP contribution in [0.5, 0.6) is 0 Å². The molecule has 0 aliphatic heterocycles. The predicted octanol–water partition coefficient (Wildman–Crippen LogP) is 2.81. The van der Waals surface area contributed by atoms with Gasteiger partial charge < -0.3 is 5.11 Å². The molecule has 0 aromatic rings. The Kier molecular flexibility index (Phi) is 4.06.